The summed E-state index contributed by atoms with van der Waals surface area (Å²) in [5.41, 5.74) is 1.08. The zero-order valence-corrected chi connectivity index (χ0v) is 7.71. The summed E-state index contributed by atoms with van der Waals surface area (Å²) in [7, 11) is 3.96. The van der Waals surface area contributed by atoms with Crippen LogP contribution in [0.5, 0.6) is 0 Å². The van der Waals surface area contributed by atoms with E-state index in [1.54, 1.807) is 0 Å². The molecule has 2 bridgehead atoms. The third-order valence-corrected chi connectivity index (χ3v) is 2.93. The summed E-state index contributed by atoms with van der Waals surface area (Å²) in [4.78, 5) is 13.6. The van der Waals surface area contributed by atoms with Crippen LogP contribution in [-0.4, -0.2) is 24.8 Å². The summed E-state index contributed by atoms with van der Waals surface area (Å²) >= 11 is 0. The van der Waals surface area contributed by atoms with Crippen LogP contribution in [-0.2, 0) is 4.79 Å². The monoisotopic (exact) mass is 165 g/mol. The number of nitrogens with zero attached hydrogens (tertiary/aromatic N) is 1. The normalized spacial score (nSPS) is 36.5. The van der Waals surface area contributed by atoms with E-state index in [2.05, 4.69) is 0 Å². The minimum atomic E-state index is 0.376. The van der Waals surface area contributed by atoms with Gasteiger partial charge in [-0.15, -0.1) is 0 Å². The Kier molecular flexibility index (Phi) is 1.71. The highest BCUT2D eigenvalue weighted by molar-refractivity contribution is 6.00. The third kappa shape index (κ3) is 1.06. The van der Waals surface area contributed by atoms with Crippen molar-refractivity contribution < 1.29 is 4.79 Å². The third-order valence-electron chi connectivity index (χ3n) is 2.93. The first kappa shape index (κ1) is 7.84. The standard InChI is InChI=1S/C10H15NO/c1-11(2)6-9-7-3-4-8(5-7)10(9)12/h6-8H,3-5H2,1-2H3/b9-6+/t7-,8+/m1/s1. The van der Waals surface area contributed by atoms with Crippen molar-refractivity contribution in [1.82, 2.24) is 4.90 Å². The minimum Gasteiger partial charge on any atom is -0.383 e. The molecule has 2 saturated carbocycles. The van der Waals surface area contributed by atoms with Crippen molar-refractivity contribution in [1.29, 1.82) is 0 Å². The van der Waals surface area contributed by atoms with Crippen LogP contribution in [0.15, 0.2) is 11.8 Å². The molecule has 12 heavy (non-hydrogen) atoms. The summed E-state index contributed by atoms with van der Waals surface area (Å²) in [6.45, 7) is 0. The Hall–Kier alpha value is -0.790. The van der Waals surface area contributed by atoms with Crippen LogP contribution < -0.4 is 0 Å². The van der Waals surface area contributed by atoms with E-state index in [1.165, 1.54) is 6.42 Å². The number of carbonyl (C=O) groups excluding carboxylic acids is 1. The van der Waals surface area contributed by atoms with Crippen LogP contribution in [0, 0.1) is 11.8 Å². The predicted molar refractivity (Wildman–Crippen MR) is 47.6 cm³/mol. The van der Waals surface area contributed by atoms with Gasteiger partial charge in [0.25, 0.3) is 0 Å². The highest BCUT2D eigenvalue weighted by atomic mass is 16.1. The number of hydrogen-bond donors (Lipinski definition) is 0. The van der Waals surface area contributed by atoms with E-state index >= 15 is 0 Å². The fourth-order valence-corrected chi connectivity index (χ4v) is 2.39. The molecule has 66 valence electrons. The zero-order valence-electron chi connectivity index (χ0n) is 7.71. The van der Waals surface area contributed by atoms with Gasteiger partial charge in [-0.2, -0.15) is 0 Å². The lowest BCUT2D eigenvalue weighted by molar-refractivity contribution is -0.118. The van der Waals surface area contributed by atoms with Gasteiger partial charge in [0, 0.05) is 31.8 Å². The molecule has 0 unspecified atom stereocenters. The van der Waals surface area contributed by atoms with Gasteiger partial charge in [0.05, 0.1) is 0 Å². The van der Waals surface area contributed by atoms with Crippen molar-refractivity contribution in [3.05, 3.63) is 11.8 Å². The Morgan fingerprint density at radius 2 is 2.00 bits per heavy atom. The van der Waals surface area contributed by atoms with E-state index in [9.17, 15) is 4.79 Å². The number of rotatable bonds is 1. The number of carbonyl (C=O) groups is 1. The molecule has 0 spiro atoms. The second kappa shape index (κ2) is 2.61. The van der Waals surface area contributed by atoms with Crippen LogP contribution in [0.25, 0.3) is 0 Å². The second-order valence-corrected chi connectivity index (χ2v) is 4.12. The molecule has 2 heteroatoms. The van der Waals surface area contributed by atoms with Crippen molar-refractivity contribution >= 4 is 5.78 Å². The summed E-state index contributed by atoms with van der Waals surface area (Å²) in [6.07, 6.45) is 5.50. The number of ketones is 1. The Morgan fingerprint density at radius 3 is 2.50 bits per heavy atom. The second-order valence-electron chi connectivity index (χ2n) is 4.12. The summed E-state index contributed by atoms with van der Waals surface area (Å²) in [5, 5.41) is 0. The van der Waals surface area contributed by atoms with Crippen molar-refractivity contribution in [2.24, 2.45) is 11.8 Å². The zero-order chi connectivity index (χ0) is 8.72. The average molecular weight is 165 g/mol. The Balaban J connectivity index is 2.23. The number of Topliss-reactive ketones (excluding diaryl/α,β-unsaturated/α-hetero) is 1. The maximum absolute atomic E-state index is 11.6. The number of allylic oxidation sites excluding steroid dienone is 1. The molecule has 0 aliphatic heterocycles. The van der Waals surface area contributed by atoms with Gasteiger partial charge in [0.1, 0.15) is 0 Å². The lowest BCUT2D eigenvalue weighted by Crippen LogP contribution is -2.15. The molecule has 2 rings (SSSR count). The predicted octanol–water partition coefficient (Wildman–Crippen LogP) is 1.43. The Labute approximate surface area is 73.2 Å². The fraction of sp³-hybridized carbons (Fsp3) is 0.700. The molecule has 2 nitrogen and oxygen atoms in total. The molecule has 0 N–H and O–H groups in total. The van der Waals surface area contributed by atoms with Crippen molar-refractivity contribution in [2.45, 2.75) is 19.3 Å². The Bertz CT molecular complexity index is 242. The molecule has 2 atom stereocenters. The van der Waals surface area contributed by atoms with Crippen LogP contribution in [0.3, 0.4) is 0 Å². The highest BCUT2D eigenvalue weighted by Gasteiger charge is 2.42. The summed E-state index contributed by atoms with van der Waals surface area (Å²) in [5.74, 6) is 1.38. The van der Waals surface area contributed by atoms with Crippen LogP contribution in [0.1, 0.15) is 19.3 Å². The van der Waals surface area contributed by atoms with E-state index in [0.717, 1.165) is 18.4 Å². The van der Waals surface area contributed by atoms with Gasteiger partial charge in [0.2, 0.25) is 0 Å². The average Bonchev–Trinajstić information content (AvgIpc) is 2.53. The molecular weight excluding hydrogens is 150 g/mol. The van der Waals surface area contributed by atoms with Crippen molar-refractivity contribution in [3.8, 4) is 0 Å². The number of fused-ring (bicyclic) bond motifs is 2. The maximum atomic E-state index is 11.6. The molecule has 0 amide bonds. The van der Waals surface area contributed by atoms with Crippen LogP contribution in [0.2, 0.25) is 0 Å². The largest absolute Gasteiger partial charge is 0.383 e. The summed E-state index contributed by atoms with van der Waals surface area (Å²) in [6, 6.07) is 0. The molecule has 0 aromatic heterocycles. The first-order valence-electron chi connectivity index (χ1n) is 4.61. The van der Waals surface area contributed by atoms with Gasteiger partial charge < -0.3 is 4.90 Å². The van der Waals surface area contributed by atoms with Gasteiger partial charge in [-0.05, 0) is 25.2 Å². The Morgan fingerprint density at radius 1 is 1.33 bits per heavy atom. The van der Waals surface area contributed by atoms with Crippen molar-refractivity contribution in [3.63, 3.8) is 0 Å². The SMILES string of the molecule is CN(C)/C=C1/C(=O)[C@H]2CC[C@@H]1C2. The molecule has 0 aromatic carbocycles. The van der Waals surface area contributed by atoms with E-state index in [4.69, 9.17) is 0 Å². The van der Waals surface area contributed by atoms with Crippen molar-refractivity contribution in [2.75, 3.05) is 14.1 Å². The molecule has 2 aliphatic carbocycles. The first-order valence-corrected chi connectivity index (χ1v) is 4.61. The minimum absolute atomic E-state index is 0.376. The van der Waals surface area contributed by atoms with Crippen LogP contribution in [0.4, 0.5) is 0 Å². The van der Waals surface area contributed by atoms with E-state index in [-0.39, 0.29) is 0 Å². The molecule has 0 heterocycles. The quantitative estimate of drug-likeness (QED) is 0.548. The molecule has 2 aliphatic rings. The smallest absolute Gasteiger partial charge is 0.163 e. The number of hydrogen-bond acceptors (Lipinski definition) is 2. The van der Waals surface area contributed by atoms with E-state index < -0.39 is 0 Å². The summed E-state index contributed by atoms with van der Waals surface area (Å²) < 4.78 is 0. The van der Waals surface area contributed by atoms with Gasteiger partial charge in [0.15, 0.2) is 5.78 Å². The lowest BCUT2D eigenvalue weighted by atomic mass is 9.94. The molecule has 2 fully saturated rings. The van der Waals surface area contributed by atoms with Gasteiger partial charge in [-0.25, -0.2) is 0 Å². The first-order chi connectivity index (χ1) is 5.68. The van der Waals surface area contributed by atoms with Gasteiger partial charge >= 0.3 is 0 Å². The van der Waals surface area contributed by atoms with E-state index in [0.29, 0.717) is 17.6 Å². The lowest BCUT2D eigenvalue weighted by Gasteiger charge is -2.14. The molecule has 0 radical (unpaired) electrons. The highest BCUT2D eigenvalue weighted by Crippen LogP contribution is 2.45. The maximum Gasteiger partial charge on any atom is 0.163 e. The molecule has 0 aromatic rings. The topological polar surface area (TPSA) is 20.3 Å². The van der Waals surface area contributed by atoms with E-state index in [1.807, 2.05) is 25.2 Å². The van der Waals surface area contributed by atoms with Gasteiger partial charge in [-0.1, -0.05) is 0 Å². The van der Waals surface area contributed by atoms with Gasteiger partial charge in [-0.3, -0.25) is 4.79 Å². The molecular formula is C10H15NO. The van der Waals surface area contributed by atoms with Crippen LogP contribution >= 0.6 is 0 Å². The fourth-order valence-electron chi connectivity index (χ4n) is 2.39. The molecule has 0 saturated heterocycles.